The van der Waals surface area contributed by atoms with Crippen molar-refractivity contribution in [2.24, 2.45) is 5.92 Å². The van der Waals surface area contributed by atoms with Crippen LogP contribution in [0.1, 0.15) is 19.3 Å². The van der Waals surface area contributed by atoms with Gasteiger partial charge in [-0.1, -0.05) is 0 Å². The average Bonchev–Trinajstić information content (AvgIpc) is 3.05. The largest absolute Gasteiger partial charge is 0.396 e. The molecule has 5 heteroatoms. The number of aliphatic hydroxyl groups is 1. The number of anilines is 2. The summed E-state index contributed by atoms with van der Waals surface area (Å²) in [6.07, 6.45) is 1.93. The fourth-order valence-corrected chi connectivity index (χ4v) is 2.89. The Kier molecular flexibility index (Phi) is 3.44. The Morgan fingerprint density at radius 1 is 1.05 bits per heavy atom. The molecule has 1 N–H and O–H groups in total. The van der Waals surface area contributed by atoms with Crippen molar-refractivity contribution in [1.82, 2.24) is 0 Å². The third-order valence-corrected chi connectivity index (χ3v) is 4.01. The standard InChI is InChI=1S/C15H18N2O3/c18-10-11-8-15(20)17(9-11)13-5-3-12(4-6-13)16-7-1-2-14(16)19/h3-6,11,18H,1-2,7-10H2. The van der Waals surface area contributed by atoms with E-state index in [0.717, 1.165) is 24.3 Å². The number of hydrogen-bond acceptors (Lipinski definition) is 3. The lowest BCUT2D eigenvalue weighted by atomic mass is 10.1. The van der Waals surface area contributed by atoms with Gasteiger partial charge in [0.1, 0.15) is 0 Å². The number of carbonyl (C=O) groups excluding carboxylic acids is 2. The van der Waals surface area contributed by atoms with Gasteiger partial charge in [0.2, 0.25) is 11.8 Å². The van der Waals surface area contributed by atoms with Crippen molar-refractivity contribution in [2.75, 3.05) is 29.5 Å². The Hall–Kier alpha value is -1.88. The van der Waals surface area contributed by atoms with Crippen LogP contribution >= 0.6 is 0 Å². The van der Waals surface area contributed by atoms with Crippen LogP contribution in [0.4, 0.5) is 11.4 Å². The Morgan fingerprint density at radius 3 is 2.20 bits per heavy atom. The molecule has 20 heavy (non-hydrogen) atoms. The predicted octanol–water partition coefficient (Wildman–Crippen LogP) is 1.16. The summed E-state index contributed by atoms with van der Waals surface area (Å²) in [4.78, 5) is 27.1. The lowest BCUT2D eigenvalue weighted by Gasteiger charge is -2.19. The van der Waals surface area contributed by atoms with Gasteiger partial charge in [0.05, 0.1) is 0 Å². The van der Waals surface area contributed by atoms with Gasteiger partial charge in [-0.2, -0.15) is 0 Å². The first kappa shape index (κ1) is 13.1. The van der Waals surface area contributed by atoms with Gasteiger partial charge in [-0.05, 0) is 30.7 Å². The van der Waals surface area contributed by atoms with E-state index in [1.54, 1.807) is 9.80 Å². The summed E-state index contributed by atoms with van der Waals surface area (Å²) in [6.45, 7) is 1.38. The Morgan fingerprint density at radius 2 is 1.70 bits per heavy atom. The molecule has 2 heterocycles. The zero-order chi connectivity index (χ0) is 14.1. The van der Waals surface area contributed by atoms with E-state index in [9.17, 15) is 9.59 Å². The molecule has 2 aliphatic heterocycles. The Balaban J connectivity index is 1.76. The summed E-state index contributed by atoms with van der Waals surface area (Å²) in [5.74, 6) is 0.242. The third kappa shape index (κ3) is 2.29. The molecule has 0 radical (unpaired) electrons. The number of nitrogens with zero attached hydrogens (tertiary/aromatic N) is 2. The highest BCUT2D eigenvalue weighted by Gasteiger charge is 2.30. The summed E-state index contributed by atoms with van der Waals surface area (Å²) >= 11 is 0. The zero-order valence-corrected chi connectivity index (χ0v) is 11.3. The fraction of sp³-hybridized carbons (Fsp3) is 0.467. The summed E-state index contributed by atoms with van der Waals surface area (Å²) in [5.41, 5.74) is 1.72. The van der Waals surface area contributed by atoms with Crippen LogP contribution in [0.5, 0.6) is 0 Å². The summed E-state index contributed by atoms with van der Waals surface area (Å²) in [6, 6.07) is 7.52. The Labute approximate surface area is 117 Å². The van der Waals surface area contributed by atoms with E-state index in [4.69, 9.17) is 5.11 Å². The molecule has 2 amide bonds. The van der Waals surface area contributed by atoms with Gasteiger partial charge < -0.3 is 14.9 Å². The molecule has 1 atom stereocenters. The van der Waals surface area contributed by atoms with E-state index < -0.39 is 0 Å². The first-order valence-electron chi connectivity index (χ1n) is 7.00. The maximum Gasteiger partial charge on any atom is 0.227 e. The molecule has 1 aromatic carbocycles. The fourth-order valence-electron chi connectivity index (χ4n) is 2.89. The van der Waals surface area contributed by atoms with E-state index in [-0.39, 0.29) is 24.3 Å². The van der Waals surface area contributed by atoms with Crippen LogP contribution in [0.15, 0.2) is 24.3 Å². The molecule has 0 bridgehead atoms. The quantitative estimate of drug-likeness (QED) is 0.899. The van der Waals surface area contributed by atoms with Gasteiger partial charge in [-0.3, -0.25) is 9.59 Å². The SMILES string of the molecule is O=C1CCCN1c1ccc(N2CC(CO)CC2=O)cc1. The minimum absolute atomic E-state index is 0.0299. The Bertz CT molecular complexity index is 526. The molecule has 2 aliphatic rings. The highest BCUT2D eigenvalue weighted by molar-refractivity contribution is 5.97. The molecule has 5 nitrogen and oxygen atoms in total. The summed E-state index contributed by atoms with van der Waals surface area (Å²) in [7, 11) is 0. The highest BCUT2D eigenvalue weighted by atomic mass is 16.3. The maximum absolute atomic E-state index is 11.9. The van der Waals surface area contributed by atoms with E-state index in [1.807, 2.05) is 24.3 Å². The van der Waals surface area contributed by atoms with Gasteiger partial charge in [0, 0.05) is 49.8 Å². The maximum atomic E-state index is 11.9. The number of hydrogen-bond donors (Lipinski definition) is 1. The number of rotatable bonds is 3. The van der Waals surface area contributed by atoms with Crippen molar-refractivity contribution < 1.29 is 14.7 Å². The van der Waals surface area contributed by atoms with Gasteiger partial charge in [0.25, 0.3) is 0 Å². The van der Waals surface area contributed by atoms with Crippen LogP contribution in [0.2, 0.25) is 0 Å². The highest BCUT2D eigenvalue weighted by Crippen LogP contribution is 2.28. The number of amides is 2. The molecule has 1 unspecified atom stereocenters. The molecule has 0 aromatic heterocycles. The zero-order valence-electron chi connectivity index (χ0n) is 11.3. The van der Waals surface area contributed by atoms with Crippen LogP contribution in [0.25, 0.3) is 0 Å². The van der Waals surface area contributed by atoms with Crippen LogP contribution in [-0.2, 0) is 9.59 Å². The monoisotopic (exact) mass is 274 g/mol. The van der Waals surface area contributed by atoms with Crippen molar-refractivity contribution in [1.29, 1.82) is 0 Å². The van der Waals surface area contributed by atoms with Crippen LogP contribution < -0.4 is 9.80 Å². The summed E-state index contributed by atoms with van der Waals surface area (Å²) < 4.78 is 0. The smallest absolute Gasteiger partial charge is 0.227 e. The van der Waals surface area contributed by atoms with Gasteiger partial charge in [-0.25, -0.2) is 0 Å². The predicted molar refractivity (Wildman–Crippen MR) is 75.6 cm³/mol. The molecule has 106 valence electrons. The van der Waals surface area contributed by atoms with Crippen molar-refractivity contribution in [3.63, 3.8) is 0 Å². The van der Waals surface area contributed by atoms with Gasteiger partial charge in [0.15, 0.2) is 0 Å². The molecular weight excluding hydrogens is 256 g/mol. The minimum Gasteiger partial charge on any atom is -0.396 e. The van der Waals surface area contributed by atoms with Crippen molar-refractivity contribution >= 4 is 23.2 Å². The number of carbonyl (C=O) groups is 2. The third-order valence-electron chi connectivity index (χ3n) is 4.01. The van der Waals surface area contributed by atoms with Crippen molar-refractivity contribution in [3.8, 4) is 0 Å². The topological polar surface area (TPSA) is 60.9 Å². The second-order valence-electron chi connectivity index (χ2n) is 5.42. The van der Waals surface area contributed by atoms with E-state index in [2.05, 4.69) is 0 Å². The van der Waals surface area contributed by atoms with E-state index in [0.29, 0.717) is 19.4 Å². The second kappa shape index (κ2) is 5.25. The average molecular weight is 274 g/mol. The lowest BCUT2D eigenvalue weighted by molar-refractivity contribution is -0.118. The van der Waals surface area contributed by atoms with E-state index >= 15 is 0 Å². The number of benzene rings is 1. The van der Waals surface area contributed by atoms with Crippen LogP contribution in [-0.4, -0.2) is 36.6 Å². The normalized spacial score (nSPS) is 22.9. The van der Waals surface area contributed by atoms with Crippen molar-refractivity contribution in [2.45, 2.75) is 19.3 Å². The lowest BCUT2D eigenvalue weighted by Crippen LogP contribution is -2.26. The molecule has 0 spiro atoms. The molecule has 0 saturated carbocycles. The van der Waals surface area contributed by atoms with Crippen molar-refractivity contribution in [3.05, 3.63) is 24.3 Å². The van der Waals surface area contributed by atoms with Gasteiger partial charge >= 0.3 is 0 Å². The molecule has 0 aliphatic carbocycles. The minimum atomic E-state index is 0.0299. The first-order valence-corrected chi connectivity index (χ1v) is 7.00. The molecule has 2 fully saturated rings. The molecule has 1 aromatic rings. The molecular formula is C15H18N2O3. The second-order valence-corrected chi connectivity index (χ2v) is 5.42. The van der Waals surface area contributed by atoms with Gasteiger partial charge in [-0.15, -0.1) is 0 Å². The molecule has 3 rings (SSSR count). The van der Waals surface area contributed by atoms with Crippen LogP contribution in [0, 0.1) is 5.92 Å². The summed E-state index contributed by atoms with van der Waals surface area (Å²) in [5, 5.41) is 9.14. The van der Waals surface area contributed by atoms with E-state index in [1.165, 1.54) is 0 Å². The first-order chi connectivity index (χ1) is 9.69. The van der Waals surface area contributed by atoms with Crippen LogP contribution in [0.3, 0.4) is 0 Å². The number of aliphatic hydroxyl groups excluding tert-OH is 1. The molecule has 2 saturated heterocycles.